The van der Waals surface area contributed by atoms with E-state index in [2.05, 4.69) is 13.8 Å². The molecule has 2 N–H and O–H groups in total. The van der Waals surface area contributed by atoms with Crippen molar-refractivity contribution in [1.29, 1.82) is 0 Å². The van der Waals surface area contributed by atoms with E-state index in [1.165, 1.54) is 0 Å². The predicted octanol–water partition coefficient (Wildman–Crippen LogP) is 2.12. The second-order valence-corrected chi connectivity index (χ2v) is 8.63. The molecule has 0 amide bonds. The third kappa shape index (κ3) is 2.18. The van der Waals surface area contributed by atoms with Crippen LogP contribution in [0.3, 0.4) is 0 Å². The van der Waals surface area contributed by atoms with Gasteiger partial charge in [-0.2, -0.15) is 0 Å². The molecule has 0 radical (unpaired) electrons. The van der Waals surface area contributed by atoms with E-state index in [9.17, 15) is 15.0 Å². The molecule has 0 aliphatic heterocycles. The monoisotopic (exact) mass is 308 g/mol. The summed E-state index contributed by atoms with van der Waals surface area (Å²) in [4.78, 5) is 12.3. The predicted molar refractivity (Wildman–Crippen MR) is 80.8 cm³/mol. The number of aliphatic hydroxyl groups excluding tert-OH is 1. The van der Waals surface area contributed by atoms with Crippen LogP contribution in [0, 0.1) is 35.5 Å². The van der Waals surface area contributed by atoms with E-state index >= 15 is 0 Å². The van der Waals surface area contributed by atoms with Gasteiger partial charge in [-0.1, -0.05) is 13.8 Å². The fraction of sp³-hybridized carbons (Fsp3) is 0.944. The van der Waals surface area contributed by atoms with Crippen LogP contribution in [0.1, 0.15) is 52.4 Å². The standard InChI is InChI=1S/C18H28O4/c1-9(2)12-7-17(13-5-11(12)6-15(13)19)22-18(21)8-10-3-14(18)16(20)4-10/h9-14,16-17,20-21H,3-8H2,1-2H3. The summed E-state index contributed by atoms with van der Waals surface area (Å²) in [5, 5.41) is 21.0. The SMILES string of the molecule is CC(C)C1CC(OC2(O)CC3CC(O)C2C3)C2CC1CC2=O. The van der Waals surface area contributed by atoms with E-state index in [4.69, 9.17) is 4.74 Å². The van der Waals surface area contributed by atoms with E-state index in [1.54, 1.807) is 0 Å². The van der Waals surface area contributed by atoms with Crippen LogP contribution < -0.4 is 0 Å². The number of carbonyl (C=O) groups excluding carboxylic acids is 1. The van der Waals surface area contributed by atoms with E-state index in [0.29, 0.717) is 42.3 Å². The first-order chi connectivity index (χ1) is 10.4. The number of carbonyl (C=O) groups is 1. The number of aliphatic hydroxyl groups is 2. The molecule has 4 saturated carbocycles. The molecule has 0 aromatic rings. The van der Waals surface area contributed by atoms with Crippen LogP contribution in [0.15, 0.2) is 0 Å². The van der Waals surface area contributed by atoms with Gasteiger partial charge in [-0.05, 0) is 49.4 Å². The van der Waals surface area contributed by atoms with Gasteiger partial charge in [-0.3, -0.25) is 4.79 Å². The van der Waals surface area contributed by atoms with Crippen LogP contribution >= 0.6 is 0 Å². The molecule has 0 spiro atoms. The lowest BCUT2D eigenvalue weighted by Gasteiger charge is -2.43. The van der Waals surface area contributed by atoms with Gasteiger partial charge in [0.1, 0.15) is 5.78 Å². The molecule has 8 unspecified atom stereocenters. The van der Waals surface area contributed by atoms with E-state index in [1.807, 2.05) is 0 Å². The van der Waals surface area contributed by atoms with Crippen LogP contribution in [0.2, 0.25) is 0 Å². The zero-order valence-corrected chi connectivity index (χ0v) is 13.6. The van der Waals surface area contributed by atoms with Crippen LogP contribution in [0.25, 0.3) is 0 Å². The Kier molecular flexibility index (Phi) is 3.45. The lowest BCUT2D eigenvalue weighted by atomic mass is 9.73. The Labute approximate surface area is 132 Å². The maximum atomic E-state index is 12.3. The quantitative estimate of drug-likeness (QED) is 0.784. The summed E-state index contributed by atoms with van der Waals surface area (Å²) < 4.78 is 6.20. The highest BCUT2D eigenvalue weighted by atomic mass is 16.6. The van der Waals surface area contributed by atoms with Gasteiger partial charge in [0.05, 0.1) is 12.2 Å². The van der Waals surface area contributed by atoms with Crippen molar-refractivity contribution in [2.45, 2.75) is 70.4 Å². The summed E-state index contributed by atoms with van der Waals surface area (Å²) in [6.45, 7) is 4.45. The normalized spacial score (nSPS) is 53.7. The topological polar surface area (TPSA) is 66.8 Å². The van der Waals surface area contributed by atoms with Gasteiger partial charge in [0.2, 0.25) is 0 Å². The minimum atomic E-state index is -1.20. The molecule has 0 heterocycles. The van der Waals surface area contributed by atoms with E-state index in [-0.39, 0.29) is 17.9 Å². The Morgan fingerprint density at radius 1 is 1.23 bits per heavy atom. The first kappa shape index (κ1) is 15.1. The summed E-state index contributed by atoms with van der Waals surface area (Å²) in [5.41, 5.74) is 0. The second-order valence-electron chi connectivity index (χ2n) is 8.63. The number of Topliss-reactive ketones (excluding diaryl/α,β-unsaturated/α-hetero) is 1. The Bertz CT molecular complexity index is 476. The number of ether oxygens (including phenoxy) is 1. The molecule has 4 rings (SSSR count). The zero-order valence-electron chi connectivity index (χ0n) is 13.6. The Hall–Kier alpha value is -0.450. The Morgan fingerprint density at radius 3 is 2.64 bits per heavy atom. The van der Waals surface area contributed by atoms with Gasteiger partial charge in [0.15, 0.2) is 5.79 Å². The number of hydrogen-bond donors (Lipinski definition) is 2. The molecular formula is C18H28O4. The molecule has 4 heteroatoms. The molecule has 0 aromatic carbocycles. The molecule has 8 atom stereocenters. The van der Waals surface area contributed by atoms with Crippen molar-refractivity contribution in [3.63, 3.8) is 0 Å². The minimum absolute atomic E-state index is 0.0275. The molecule has 4 aliphatic carbocycles. The summed E-state index contributed by atoms with van der Waals surface area (Å²) >= 11 is 0. The third-order valence-corrected chi connectivity index (χ3v) is 6.99. The van der Waals surface area contributed by atoms with Crippen molar-refractivity contribution < 1.29 is 19.7 Å². The average Bonchev–Trinajstić information content (AvgIpc) is 3.04. The second kappa shape index (κ2) is 5.02. The van der Waals surface area contributed by atoms with Crippen LogP contribution in [0.4, 0.5) is 0 Å². The van der Waals surface area contributed by atoms with E-state index in [0.717, 1.165) is 25.7 Å². The molecule has 4 nitrogen and oxygen atoms in total. The third-order valence-electron chi connectivity index (χ3n) is 6.99. The fourth-order valence-corrected chi connectivity index (χ4v) is 5.94. The average molecular weight is 308 g/mol. The zero-order chi connectivity index (χ0) is 15.6. The van der Waals surface area contributed by atoms with Gasteiger partial charge in [0, 0.05) is 24.7 Å². The highest BCUT2D eigenvalue weighted by Crippen LogP contribution is 2.54. The Morgan fingerprint density at radius 2 is 2.00 bits per heavy atom. The molecule has 0 aromatic heterocycles. The van der Waals surface area contributed by atoms with Gasteiger partial charge in [-0.15, -0.1) is 0 Å². The number of hydrogen-bond acceptors (Lipinski definition) is 4. The molecule has 124 valence electrons. The lowest BCUT2D eigenvalue weighted by molar-refractivity contribution is -0.281. The van der Waals surface area contributed by atoms with Crippen molar-refractivity contribution in [2.75, 3.05) is 0 Å². The smallest absolute Gasteiger partial charge is 0.171 e. The first-order valence-corrected chi connectivity index (χ1v) is 8.98. The van der Waals surface area contributed by atoms with Crippen LogP contribution in [-0.4, -0.2) is 34.0 Å². The summed E-state index contributed by atoms with van der Waals surface area (Å²) in [5.74, 6) is 0.877. The summed E-state index contributed by atoms with van der Waals surface area (Å²) in [7, 11) is 0. The van der Waals surface area contributed by atoms with Crippen molar-refractivity contribution in [2.24, 2.45) is 35.5 Å². The van der Waals surface area contributed by atoms with Crippen molar-refractivity contribution in [3.05, 3.63) is 0 Å². The summed E-state index contributed by atoms with van der Waals surface area (Å²) in [6, 6.07) is 0. The highest BCUT2D eigenvalue weighted by Gasteiger charge is 2.58. The largest absolute Gasteiger partial charge is 0.393 e. The van der Waals surface area contributed by atoms with Crippen LogP contribution in [0.5, 0.6) is 0 Å². The molecular weight excluding hydrogens is 280 g/mol. The number of rotatable bonds is 3. The van der Waals surface area contributed by atoms with Gasteiger partial charge >= 0.3 is 0 Å². The summed E-state index contributed by atoms with van der Waals surface area (Å²) in [6.07, 6.45) is 4.19. The van der Waals surface area contributed by atoms with Crippen LogP contribution in [-0.2, 0) is 9.53 Å². The minimum Gasteiger partial charge on any atom is -0.393 e. The molecule has 0 saturated heterocycles. The number of ketones is 1. The first-order valence-electron chi connectivity index (χ1n) is 8.98. The molecule has 4 aliphatic rings. The fourth-order valence-electron chi connectivity index (χ4n) is 5.94. The van der Waals surface area contributed by atoms with Crippen molar-refractivity contribution in [3.8, 4) is 0 Å². The Balaban J connectivity index is 1.53. The van der Waals surface area contributed by atoms with E-state index < -0.39 is 11.9 Å². The molecule has 22 heavy (non-hydrogen) atoms. The molecule has 4 fully saturated rings. The number of fused-ring (bicyclic) bond motifs is 4. The van der Waals surface area contributed by atoms with Crippen molar-refractivity contribution >= 4 is 5.78 Å². The van der Waals surface area contributed by atoms with Gasteiger partial charge in [0.25, 0.3) is 0 Å². The maximum absolute atomic E-state index is 12.3. The van der Waals surface area contributed by atoms with Crippen molar-refractivity contribution in [1.82, 2.24) is 0 Å². The maximum Gasteiger partial charge on any atom is 0.171 e. The van der Waals surface area contributed by atoms with Gasteiger partial charge in [-0.25, -0.2) is 0 Å². The van der Waals surface area contributed by atoms with Gasteiger partial charge < -0.3 is 14.9 Å². The lowest BCUT2D eigenvalue weighted by Crippen LogP contribution is -2.49. The molecule has 4 bridgehead atoms. The highest BCUT2D eigenvalue weighted by molar-refractivity contribution is 5.84.